The summed E-state index contributed by atoms with van der Waals surface area (Å²) in [5.74, 6) is 0.769. The molecular weight excluding hydrogens is 490 g/mol. The number of ether oxygens (including phenoxy) is 1. The summed E-state index contributed by atoms with van der Waals surface area (Å²) in [4.78, 5) is 41.3. The van der Waals surface area contributed by atoms with Crippen LogP contribution in [0.4, 0.5) is 5.69 Å². The number of nitrogens with zero attached hydrogens (tertiary/aromatic N) is 1. The third kappa shape index (κ3) is 4.20. The summed E-state index contributed by atoms with van der Waals surface area (Å²) in [7, 11) is 0. The van der Waals surface area contributed by atoms with Crippen molar-refractivity contribution in [2.75, 3.05) is 4.90 Å². The fourth-order valence-corrected chi connectivity index (χ4v) is 5.04. The summed E-state index contributed by atoms with van der Waals surface area (Å²) in [6.45, 7) is 5.37. The Labute approximate surface area is 225 Å². The molecule has 1 atom stereocenters. The van der Waals surface area contributed by atoms with Crippen molar-refractivity contribution in [3.8, 4) is 11.5 Å². The number of hydrogen-bond donors (Lipinski definition) is 0. The first-order chi connectivity index (χ1) is 18.8. The standard InChI is InChI=1S/C33H25NO5/c1-19-16-27-28(17-20(19)2)39-32-29(31(27)36)30(34(33(32)37)24-14-12-22(13-15-24)21(3)35)23-8-7-11-26(18-23)38-25-9-5-4-6-10-25/h4-18,30H,1-3H3. The number of fused-ring (bicyclic) bond motifs is 2. The molecular formula is C33H25NO5. The van der Waals surface area contributed by atoms with Gasteiger partial charge in [-0.2, -0.15) is 0 Å². The SMILES string of the molecule is CC(=O)c1ccc(N2C(=O)c3oc4cc(C)c(C)cc4c(=O)c3C2c2cccc(Oc3ccccc3)c2)cc1. The molecule has 1 aliphatic rings. The van der Waals surface area contributed by atoms with E-state index >= 15 is 0 Å². The number of carbonyl (C=O) groups excluding carboxylic acids is 2. The van der Waals surface area contributed by atoms with Gasteiger partial charge in [0.05, 0.1) is 17.0 Å². The number of rotatable bonds is 5. The molecule has 6 heteroatoms. The molecule has 5 aromatic rings. The minimum atomic E-state index is -0.753. The fourth-order valence-electron chi connectivity index (χ4n) is 5.04. The van der Waals surface area contributed by atoms with Crippen LogP contribution in [0.2, 0.25) is 0 Å². The van der Waals surface area contributed by atoms with Crippen molar-refractivity contribution < 1.29 is 18.7 Å². The average Bonchev–Trinajstić information content (AvgIpc) is 3.23. The van der Waals surface area contributed by atoms with Crippen molar-refractivity contribution in [1.82, 2.24) is 0 Å². The third-order valence-corrected chi connectivity index (χ3v) is 7.19. The van der Waals surface area contributed by atoms with E-state index in [4.69, 9.17) is 9.15 Å². The smallest absolute Gasteiger partial charge is 0.295 e. The van der Waals surface area contributed by atoms with Crippen molar-refractivity contribution in [3.05, 3.63) is 135 Å². The Morgan fingerprint density at radius 2 is 1.51 bits per heavy atom. The molecule has 6 rings (SSSR count). The number of hydrogen-bond acceptors (Lipinski definition) is 5. The summed E-state index contributed by atoms with van der Waals surface area (Å²) in [5, 5.41) is 0.431. The number of carbonyl (C=O) groups is 2. The molecule has 6 nitrogen and oxygen atoms in total. The quantitative estimate of drug-likeness (QED) is 0.232. The maximum atomic E-state index is 14.0. The van der Waals surface area contributed by atoms with E-state index in [0.717, 1.165) is 11.1 Å². The molecule has 1 aromatic heterocycles. The van der Waals surface area contributed by atoms with Gasteiger partial charge in [0.15, 0.2) is 11.2 Å². The molecule has 2 heterocycles. The van der Waals surface area contributed by atoms with Gasteiger partial charge in [0.25, 0.3) is 5.91 Å². The number of anilines is 1. The Morgan fingerprint density at radius 1 is 0.821 bits per heavy atom. The van der Waals surface area contributed by atoms with Crippen LogP contribution in [-0.4, -0.2) is 11.7 Å². The third-order valence-electron chi connectivity index (χ3n) is 7.19. The lowest BCUT2D eigenvalue weighted by molar-refractivity contribution is 0.0970. The molecule has 0 saturated heterocycles. The van der Waals surface area contributed by atoms with E-state index in [9.17, 15) is 14.4 Å². The highest BCUT2D eigenvalue weighted by Crippen LogP contribution is 2.42. The summed E-state index contributed by atoms with van der Waals surface area (Å²) < 4.78 is 12.2. The molecule has 4 aromatic carbocycles. The van der Waals surface area contributed by atoms with Gasteiger partial charge >= 0.3 is 0 Å². The van der Waals surface area contributed by atoms with Crippen molar-refractivity contribution in [1.29, 1.82) is 0 Å². The molecule has 0 N–H and O–H groups in total. The predicted octanol–water partition coefficient (Wildman–Crippen LogP) is 7.15. The predicted molar refractivity (Wildman–Crippen MR) is 150 cm³/mol. The van der Waals surface area contributed by atoms with Gasteiger partial charge in [-0.3, -0.25) is 19.3 Å². The van der Waals surface area contributed by atoms with Gasteiger partial charge in [-0.25, -0.2) is 0 Å². The number of ketones is 1. The Balaban J connectivity index is 1.55. The Morgan fingerprint density at radius 3 is 2.23 bits per heavy atom. The van der Waals surface area contributed by atoms with Gasteiger partial charge in [-0.05, 0) is 98.1 Å². The zero-order chi connectivity index (χ0) is 27.3. The van der Waals surface area contributed by atoms with Crippen LogP contribution in [0.15, 0.2) is 100 Å². The van der Waals surface area contributed by atoms with Gasteiger partial charge in [-0.15, -0.1) is 0 Å². The van der Waals surface area contributed by atoms with E-state index in [-0.39, 0.29) is 22.5 Å². The molecule has 1 unspecified atom stereocenters. The maximum Gasteiger partial charge on any atom is 0.295 e. The van der Waals surface area contributed by atoms with Crippen molar-refractivity contribution in [2.45, 2.75) is 26.8 Å². The molecule has 0 fully saturated rings. The van der Waals surface area contributed by atoms with Gasteiger partial charge in [0.2, 0.25) is 5.76 Å². The van der Waals surface area contributed by atoms with E-state index in [0.29, 0.717) is 39.3 Å². The van der Waals surface area contributed by atoms with E-state index in [1.54, 1.807) is 35.2 Å². The number of amides is 1. The molecule has 1 amide bonds. The molecule has 1 aliphatic heterocycles. The molecule has 0 radical (unpaired) electrons. The average molecular weight is 516 g/mol. The van der Waals surface area contributed by atoms with Gasteiger partial charge in [-0.1, -0.05) is 30.3 Å². The normalized spacial score (nSPS) is 14.5. The highest BCUT2D eigenvalue weighted by atomic mass is 16.5. The highest BCUT2D eigenvalue weighted by molar-refractivity contribution is 6.11. The summed E-state index contributed by atoms with van der Waals surface area (Å²) in [6, 6.07) is 26.4. The number of para-hydroxylation sites is 1. The summed E-state index contributed by atoms with van der Waals surface area (Å²) in [6.07, 6.45) is 0. The van der Waals surface area contributed by atoms with Crippen LogP contribution < -0.4 is 15.1 Å². The second kappa shape index (κ2) is 9.40. The minimum absolute atomic E-state index is 0.0192. The Bertz CT molecular complexity index is 1820. The lowest BCUT2D eigenvalue weighted by atomic mass is 9.97. The molecule has 0 saturated carbocycles. The van der Waals surface area contributed by atoms with Crippen LogP contribution in [-0.2, 0) is 0 Å². The second-order valence-corrected chi connectivity index (χ2v) is 9.77. The lowest BCUT2D eigenvalue weighted by Crippen LogP contribution is -2.29. The van der Waals surface area contributed by atoms with E-state index < -0.39 is 11.9 Å². The lowest BCUT2D eigenvalue weighted by Gasteiger charge is -2.25. The van der Waals surface area contributed by atoms with Crippen LogP contribution in [0.25, 0.3) is 11.0 Å². The first-order valence-electron chi connectivity index (χ1n) is 12.7. The Hall–Kier alpha value is -4.97. The monoisotopic (exact) mass is 515 g/mol. The van der Waals surface area contributed by atoms with E-state index in [1.165, 1.54) is 6.92 Å². The number of aryl methyl sites for hydroxylation is 2. The topological polar surface area (TPSA) is 76.8 Å². The van der Waals surface area contributed by atoms with Crippen LogP contribution in [0.5, 0.6) is 11.5 Å². The number of benzene rings is 4. The van der Waals surface area contributed by atoms with E-state index in [2.05, 4.69) is 0 Å². The number of Topliss-reactive ketones (excluding diaryl/α,β-unsaturated/α-hetero) is 1. The maximum absolute atomic E-state index is 14.0. The fraction of sp³-hybridized carbons (Fsp3) is 0.121. The largest absolute Gasteiger partial charge is 0.457 e. The van der Waals surface area contributed by atoms with Crippen molar-refractivity contribution in [3.63, 3.8) is 0 Å². The van der Waals surface area contributed by atoms with E-state index in [1.807, 2.05) is 74.5 Å². The molecule has 192 valence electrons. The zero-order valence-corrected chi connectivity index (χ0v) is 21.7. The molecule has 0 spiro atoms. The van der Waals surface area contributed by atoms with Crippen LogP contribution in [0.3, 0.4) is 0 Å². The summed E-state index contributed by atoms with van der Waals surface area (Å²) >= 11 is 0. The second-order valence-electron chi connectivity index (χ2n) is 9.77. The first-order valence-corrected chi connectivity index (χ1v) is 12.7. The Kier molecular flexibility index (Phi) is 5.88. The van der Waals surface area contributed by atoms with Gasteiger partial charge in [0, 0.05) is 11.3 Å². The summed E-state index contributed by atoms with van der Waals surface area (Å²) in [5.41, 5.74) is 4.12. The van der Waals surface area contributed by atoms with Crippen molar-refractivity contribution in [2.24, 2.45) is 0 Å². The van der Waals surface area contributed by atoms with Gasteiger partial charge in [0.1, 0.15) is 17.1 Å². The first kappa shape index (κ1) is 24.4. The molecule has 0 aliphatic carbocycles. The van der Waals surface area contributed by atoms with Gasteiger partial charge < -0.3 is 9.15 Å². The molecule has 0 bridgehead atoms. The molecule has 39 heavy (non-hydrogen) atoms. The van der Waals surface area contributed by atoms with Crippen molar-refractivity contribution >= 4 is 28.3 Å². The highest BCUT2D eigenvalue weighted by Gasteiger charge is 2.43. The van der Waals surface area contributed by atoms with Crippen LogP contribution in [0.1, 0.15) is 56.1 Å². The zero-order valence-electron chi connectivity index (χ0n) is 21.7. The van der Waals surface area contributed by atoms with Crippen LogP contribution in [0, 0.1) is 13.8 Å². The minimum Gasteiger partial charge on any atom is -0.457 e. The van der Waals surface area contributed by atoms with Crippen LogP contribution >= 0.6 is 0 Å².